The van der Waals surface area contributed by atoms with Gasteiger partial charge < -0.3 is 0 Å². The van der Waals surface area contributed by atoms with Crippen LogP contribution >= 0.6 is 0 Å². The van der Waals surface area contributed by atoms with E-state index in [1.165, 1.54) is 27.8 Å². The predicted molar refractivity (Wildman–Crippen MR) is 57.7 cm³/mol. The smallest absolute Gasteiger partial charge is 0.00544 e. The summed E-state index contributed by atoms with van der Waals surface area (Å²) in [4.78, 5) is 0. The minimum Gasteiger partial charge on any atom is -0.0984 e. The van der Waals surface area contributed by atoms with Crippen molar-refractivity contribution in [1.29, 1.82) is 0 Å². The monoisotopic (exact) mass is 170 g/mol. The molecule has 0 bridgehead atoms. The van der Waals surface area contributed by atoms with Crippen LogP contribution in [0.25, 0.3) is 5.57 Å². The Bertz CT molecular complexity index is 394. The molecule has 1 aliphatic rings. The maximum absolute atomic E-state index is 3.86. The van der Waals surface area contributed by atoms with Crippen molar-refractivity contribution >= 4 is 5.57 Å². The highest BCUT2D eigenvalue weighted by molar-refractivity contribution is 5.82. The van der Waals surface area contributed by atoms with Crippen LogP contribution in [0.4, 0.5) is 0 Å². The maximum Gasteiger partial charge on any atom is -0.00544 e. The van der Waals surface area contributed by atoms with Crippen molar-refractivity contribution in [2.45, 2.75) is 20.3 Å². The first kappa shape index (κ1) is 8.31. The molecule has 0 atom stereocenters. The molecule has 0 radical (unpaired) electrons. The van der Waals surface area contributed by atoms with E-state index in [9.17, 15) is 0 Å². The second kappa shape index (κ2) is 2.88. The molecule has 0 amide bonds. The molecule has 0 fully saturated rings. The Morgan fingerprint density at radius 1 is 1.31 bits per heavy atom. The maximum atomic E-state index is 3.86. The van der Waals surface area contributed by atoms with Crippen LogP contribution in [-0.2, 0) is 6.42 Å². The standard InChI is InChI=1S/C13H14/c1-4-12-10(3)8-11-7-9(2)5-6-13(11)12/h4-7H,1,8H2,2-3H3. The molecule has 0 N–H and O–H groups in total. The molecule has 13 heavy (non-hydrogen) atoms. The average Bonchev–Trinajstić information content (AvgIpc) is 2.39. The van der Waals surface area contributed by atoms with Crippen LogP contribution < -0.4 is 0 Å². The van der Waals surface area contributed by atoms with E-state index in [0.29, 0.717) is 0 Å². The van der Waals surface area contributed by atoms with Crippen molar-refractivity contribution in [3.63, 3.8) is 0 Å². The Balaban J connectivity index is 2.58. The lowest BCUT2D eigenvalue weighted by atomic mass is 10.0. The van der Waals surface area contributed by atoms with Crippen molar-refractivity contribution in [3.8, 4) is 0 Å². The molecule has 1 aromatic carbocycles. The van der Waals surface area contributed by atoms with E-state index in [4.69, 9.17) is 0 Å². The second-order valence-corrected chi connectivity index (χ2v) is 3.74. The minimum absolute atomic E-state index is 1.10. The summed E-state index contributed by atoms with van der Waals surface area (Å²) in [6.45, 7) is 8.18. The highest BCUT2D eigenvalue weighted by atomic mass is 14.2. The van der Waals surface area contributed by atoms with Crippen molar-refractivity contribution in [2.75, 3.05) is 0 Å². The van der Waals surface area contributed by atoms with Crippen LogP contribution in [0.5, 0.6) is 0 Å². The summed E-state index contributed by atoms with van der Waals surface area (Å²) in [5.74, 6) is 0. The Kier molecular flexibility index (Phi) is 1.84. The van der Waals surface area contributed by atoms with Gasteiger partial charge in [0.2, 0.25) is 0 Å². The van der Waals surface area contributed by atoms with Crippen LogP contribution in [0, 0.1) is 6.92 Å². The van der Waals surface area contributed by atoms with Gasteiger partial charge in [-0.15, -0.1) is 0 Å². The first-order valence-electron chi connectivity index (χ1n) is 4.64. The van der Waals surface area contributed by atoms with Crippen LogP contribution in [0.1, 0.15) is 23.6 Å². The van der Waals surface area contributed by atoms with E-state index >= 15 is 0 Å². The SMILES string of the molecule is C=CC1=C(C)Cc2cc(C)ccc21. The molecular weight excluding hydrogens is 156 g/mol. The molecule has 0 saturated carbocycles. The van der Waals surface area contributed by atoms with E-state index in [1.807, 2.05) is 6.08 Å². The fourth-order valence-corrected chi connectivity index (χ4v) is 2.03. The fraction of sp³-hybridized carbons (Fsp3) is 0.231. The number of hydrogen-bond donors (Lipinski definition) is 0. The molecule has 0 saturated heterocycles. The van der Waals surface area contributed by atoms with Gasteiger partial charge in [-0.25, -0.2) is 0 Å². The molecule has 0 nitrogen and oxygen atoms in total. The summed E-state index contributed by atoms with van der Waals surface area (Å²) in [5, 5.41) is 0. The third kappa shape index (κ3) is 1.23. The Morgan fingerprint density at radius 2 is 2.08 bits per heavy atom. The molecule has 0 spiro atoms. The minimum atomic E-state index is 1.10. The number of benzene rings is 1. The largest absolute Gasteiger partial charge is 0.0984 e. The van der Waals surface area contributed by atoms with Crippen molar-refractivity contribution in [2.24, 2.45) is 0 Å². The van der Waals surface area contributed by atoms with Gasteiger partial charge in [0.15, 0.2) is 0 Å². The molecule has 0 unspecified atom stereocenters. The lowest BCUT2D eigenvalue weighted by Gasteiger charge is -2.01. The van der Waals surface area contributed by atoms with Gasteiger partial charge in [0.25, 0.3) is 0 Å². The van der Waals surface area contributed by atoms with Gasteiger partial charge in [-0.2, -0.15) is 0 Å². The lowest BCUT2D eigenvalue weighted by molar-refractivity contribution is 1.18. The molecule has 0 aliphatic heterocycles. The first-order chi connectivity index (χ1) is 6.22. The topological polar surface area (TPSA) is 0 Å². The molecule has 66 valence electrons. The molecule has 0 heteroatoms. The number of fused-ring (bicyclic) bond motifs is 1. The zero-order valence-corrected chi connectivity index (χ0v) is 8.22. The van der Waals surface area contributed by atoms with Crippen LogP contribution in [0.2, 0.25) is 0 Å². The number of hydrogen-bond acceptors (Lipinski definition) is 0. The van der Waals surface area contributed by atoms with Gasteiger partial charge in [0.05, 0.1) is 0 Å². The number of rotatable bonds is 1. The van der Waals surface area contributed by atoms with E-state index in [1.54, 1.807) is 0 Å². The van der Waals surface area contributed by atoms with E-state index in [2.05, 4.69) is 38.6 Å². The average molecular weight is 170 g/mol. The summed E-state index contributed by atoms with van der Waals surface area (Å²) in [6.07, 6.45) is 3.06. The van der Waals surface area contributed by atoms with Crippen molar-refractivity contribution in [1.82, 2.24) is 0 Å². The molecule has 1 aliphatic carbocycles. The number of allylic oxidation sites excluding steroid dienone is 3. The molecule has 0 heterocycles. The molecular formula is C13H14. The lowest BCUT2D eigenvalue weighted by Crippen LogP contribution is -1.84. The summed E-state index contributed by atoms with van der Waals surface area (Å²) >= 11 is 0. The van der Waals surface area contributed by atoms with E-state index in [-0.39, 0.29) is 0 Å². The Hall–Kier alpha value is -1.30. The third-order valence-electron chi connectivity index (χ3n) is 2.67. The fourth-order valence-electron chi connectivity index (χ4n) is 2.03. The van der Waals surface area contributed by atoms with Gasteiger partial charge in [0.1, 0.15) is 0 Å². The quantitative estimate of drug-likeness (QED) is 0.605. The molecule has 0 aromatic heterocycles. The number of aryl methyl sites for hydroxylation is 1. The normalized spacial score (nSPS) is 14.6. The first-order valence-corrected chi connectivity index (χ1v) is 4.64. The molecule has 1 aromatic rings. The van der Waals surface area contributed by atoms with E-state index in [0.717, 1.165) is 6.42 Å². The molecule has 2 rings (SSSR count). The zero-order valence-electron chi connectivity index (χ0n) is 8.22. The Labute approximate surface area is 79.6 Å². The summed E-state index contributed by atoms with van der Waals surface area (Å²) < 4.78 is 0. The van der Waals surface area contributed by atoms with Gasteiger partial charge in [0, 0.05) is 0 Å². The van der Waals surface area contributed by atoms with Crippen LogP contribution in [-0.4, -0.2) is 0 Å². The van der Waals surface area contributed by atoms with Crippen LogP contribution in [0.15, 0.2) is 36.4 Å². The van der Waals surface area contributed by atoms with Gasteiger partial charge in [-0.3, -0.25) is 0 Å². The second-order valence-electron chi connectivity index (χ2n) is 3.74. The van der Waals surface area contributed by atoms with Crippen LogP contribution in [0.3, 0.4) is 0 Å². The van der Waals surface area contributed by atoms with E-state index < -0.39 is 0 Å². The van der Waals surface area contributed by atoms with Gasteiger partial charge in [-0.1, -0.05) is 42.0 Å². The van der Waals surface area contributed by atoms with Gasteiger partial charge >= 0.3 is 0 Å². The predicted octanol–water partition coefficient (Wildman–Crippen LogP) is 3.51. The van der Waals surface area contributed by atoms with Gasteiger partial charge in [-0.05, 0) is 37.0 Å². The summed E-state index contributed by atoms with van der Waals surface area (Å²) in [6, 6.07) is 6.65. The van der Waals surface area contributed by atoms with Crippen molar-refractivity contribution in [3.05, 3.63) is 53.1 Å². The summed E-state index contributed by atoms with van der Waals surface area (Å²) in [5.41, 5.74) is 6.94. The van der Waals surface area contributed by atoms with Crippen molar-refractivity contribution < 1.29 is 0 Å². The highest BCUT2D eigenvalue weighted by Crippen LogP contribution is 2.33. The zero-order chi connectivity index (χ0) is 9.42. The highest BCUT2D eigenvalue weighted by Gasteiger charge is 2.15. The Morgan fingerprint density at radius 3 is 2.77 bits per heavy atom. The summed E-state index contributed by atoms with van der Waals surface area (Å²) in [7, 11) is 0. The third-order valence-corrected chi connectivity index (χ3v) is 2.67.